The molecule has 8 nitrogen and oxygen atoms in total. The molecular formula is C27H32N2O6. The van der Waals surface area contributed by atoms with Crippen molar-refractivity contribution in [3.05, 3.63) is 59.7 Å². The zero-order chi connectivity index (χ0) is 24.6. The lowest BCUT2D eigenvalue weighted by atomic mass is 9.94. The largest absolute Gasteiger partial charge is 0.480 e. The number of carbonyl (C=O) groups excluding carboxylic acids is 2. The second-order valence-electron chi connectivity index (χ2n) is 9.06. The summed E-state index contributed by atoms with van der Waals surface area (Å²) in [6.07, 6.45) is 3.72. The maximum Gasteiger partial charge on any atom is 0.407 e. The van der Waals surface area contributed by atoms with Crippen molar-refractivity contribution in [3.8, 4) is 11.1 Å². The van der Waals surface area contributed by atoms with E-state index in [1.807, 2.05) is 24.3 Å². The van der Waals surface area contributed by atoms with Gasteiger partial charge in [0.25, 0.3) is 0 Å². The zero-order valence-corrected chi connectivity index (χ0v) is 19.7. The van der Waals surface area contributed by atoms with Crippen LogP contribution < -0.4 is 10.6 Å². The molecule has 2 aliphatic carbocycles. The molecule has 186 valence electrons. The first-order valence-corrected chi connectivity index (χ1v) is 12.2. The monoisotopic (exact) mass is 480 g/mol. The van der Waals surface area contributed by atoms with E-state index >= 15 is 0 Å². The summed E-state index contributed by atoms with van der Waals surface area (Å²) >= 11 is 0. The second kappa shape index (κ2) is 11.8. The van der Waals surface area contributed by atoms with Crippen molar-refractivity contribution in [2.45, 2.75) is 44.1 Å². The average molecular weight is 481 g/mol. The first kappa shape index (κ1) is 24.7. The van der Waals surface area contributed by atoms with Crippen LogP contribution in [-0.2, 0) is 19.1 Å². The highest BCUT2D eigenvalue weighted by Gasteiger charge is 2.32. The molecule has 2 unspecified atom stereocenters. The number of fused-ring (bicyclic) bond motifs is 3. The number of carboxylic acids is 1. The fourth-order valence-corrected chi connectivity index (χ4v) is 5.12. The van der Waals surface area contributed by atoms with E-state index in [0.29, 0.717) is 12.8 Å². The predicted octanol–water partition coefficient (Wildman–Crippen LogP) is 3.69. The number of carboxylic acid groups (broad SMARTS) is 1. The molecule has 4 rings (SSSR count). The topological polar surface area (TPSA) is 114 Å². The number of benzene rings is 2. The smallest absolute Gasteiger partial charge is 0.407 e. The van der Waals surface area contributed by atoms with Gasteiger partial charge in [0.05, 0.1) is 12.5 Å². The van der Waals surface area contributed by atoms with Gasteiger partial charge in [0.15, 0.2) is 0 Å². The number of ether oxygens (including phenoxy) is 2. The number of carbonyl (C=O) groups is 3. The Morgan fingerprint density at radius 2 is 1.57 bits per heavy atom. The number of nitrogens with one attached hydrogen (secondary N) is 2. The molecule has 2 atom stereocenters. The Morgan fingerprint density at radius 3 is 2.26 bits per heavy atom. The molecular weight excluding hydrogens is 448 g/mol. The Labute approximate surface area is 205 Å². The molecule has 1 saturated carbocycles. The van der Waals surface area contributed by atoms with Gasteiger partial charge in [0.2, 0.25) is 5.91 Å². The first-order chi connectivity index (χ1) is 17.0. The predicted molar refractivity (Wildman–Crippen MR) is 130 cm³/mol. The Bertz CT molecular complexity index is 1010. The molecule has 0 aromatic heterocycles. The van der Waals surface area contributed by atoms with E-state index in [2.05, 4.69) is 34.9 Å². The van der Waals surface area contributed by atoms with Crippen molar-refractivity contribution in [2.75, 3.05) is 26.4 Å². The summed E-state index contributed by atoms with van der Waals surface area (Å²) in [5.74, 6) is -1.59. The molecule has 0 spiro atoms. The van der Waals surface area contributed by atoms with Gasteiger partial charge in [-0.3, -0.25) is 4.79 Å². The summed E-state index contributed by atoms with van der Waals surface area (Å²) < 4.78 is 10.7. The SMILES string of the molecule is O=C(O)COCCNC(=O)C1CCCCCC1NC(=O)OCC1c2ccccc2-c2ccccc21. The van der Waals surface area contributed by atoms with E-state index in [9.17, 15) is 14.4 Å². The molecule has 2 aromatic rings. The maximum absolute atomic E-state index is 12.8. The van der Waals surface area contributed by atoms with Crippen LogP contribution in [0.2, 0.25) is 0 Å². The Morgan fingerprint density at radius 1 is 0.914 bits per heavy atom. The molecule has 35 heavy (non-hydrogen) atoms. The number of alkyl carbamates (subject to hydrolysis) is 1. The van der Waals surface area contributed by atoms with Crippen molar-refractivity contribution in [1.29, 1.82) is 0 Å². The van der Waals surface area contributed by atoms with Gasteiger partial charge in [0.1, 0.15) is 13.2 Å². The van der Waals surface area contributed by atoms with Crippen LogP contribution in [0, 0.1) is 5.92 Å². The third kappa shape index (κ3) is 6.19. The third-order valence-corrected chi connectivity index (χ3v) is 6.77. The van der Waals surface area contributed by atoms with Crippen molar-refractivity contribution in [3.63, 3.8) is 0 Å². The molecule has 8 heteroatoms. The van der Waals surface area contributed by atoms with Crippen molar-refractivity contribution < 1.29 is 29.0 Å². The lowest BCUT2D eigenvalue weighted by molar-refractivity contribution is -0.142. The number of hydrogen-bond acceptors (Lipinski definition) is 5. The molecule has 2 aliphatic rings. The third-order valence-electron chi connectivity index (χ3n) is 6.77. The summed E-state index contributed by atoms with van der Waals surface area (Å²) in [6, 6.07) is 16.1. The maximum atomic E-state index is 12.8. The van der Waals surface area contributed by atoms with E-state index < -0.39 is 18.7 Å². The van der Waals surface area contributed by atoms with Gasteiger partial charge in [-0.15, -0.1) is 0 Å². The van der Waals surface area contributed by atoms with Crippen LogP contribution in [0.1, 0.15) is 49.1 Å². The van der Waals surface area contributed by atoms with Crippen LogP contribution >= 0.6 is 0 Å². The zero-order valence-electron chi connectivity index (χ0n) is 19.7. The highest BCUT2D eigenvalue weighted by atomic mass is 16.5. The quantitative estimate of drug-likeness (QED) is 0.373. The Hall–Kier alpha value is -3.39. The van der Waals surface area contributed by atoms with Gasteiger partial charge in [-0.1, -0.05) is 67.8 Å². The van der Waals surface area contributed by atoms with Crippen LogP contribution in [0.5, 0.6) is 0 Å². The van der Waals surface area contributed by atoms with Crippen molar-refractivity contribution in [1.82, 2.24) is 10.6 Å². The first-order valence-electron chi connectivity index (χ1n) is 12.2. The fraction of sp³-hybridized carbons (Fsp3) is 0.444. The molecule has 0 radical (unpaired) electrons. The number of amides is 2. The van der Waals surface area contributed by atoms with Crippen molar-refractivity contribution in [2.24, 2.45) is 5.92 Å². The Kier molecular flexibility index (Phi) is 8.36. The van der Waals surface area contributed by atoms with Crippen LogP contribution in [0.4, 0.5) is 4.79 Å². The van der Waals surface area contributed by atoms with Crippen molar-refractivity contribution >= 4 is 18.0 Å². The molecule has 0 bridgehead atoms. The van der Waals surface area contributed by atoms with Gasteiger partial charge in [-0.05, 0) is 35.1 Å². The minimum atomic E-state index is -1.05. The second-order valence-corrected chi connectivity index (χ2v) is 9.06. The highest BCUT2D eigenvalue weighted by Crippen LogP contribution is 2.44. The molecule has 3 N–H and O–H groups in total. The number of aliphatic carboxylic acids is 1. The van der Waals surface area contributed by atoms with Crippen LogP contribution in [0.3, 0.4) is 0 Å². The van der Waals surface area contributed by atoms with Gasteiger partial charge >= 0.3 is 12.1 Å². The molecule has 2 amide bonds. The minimum Gasteiger partial charge on any atom is -0.480 e. The normalized spacial score (nSPS) is 19.2. The van der Waals surface area contributed by atoms with E-state index in [1.165, 1.54) is 11.1 Å². The van der Waals surface area contributed by atoms with E-state index in [4.69, 9.17) is 14.6 Å². The van der Waals surface area contributed by atoms with E-state index in [0.717, 1.165) is 30.4 Å². The minimum absolute atomic E-state index is 0.0211. The van der Waals surface area contributed by atoms with Gasteiger partial charge in [-0.25, -0.2) is 9.59 Å². The molecule has 0 heterocycles. The number of rotatable bonds is 9. The van der Waals surface area contributed by atoms with Gasteiger partial charge in [0, 0.05) is 18.5 Å². The molecule has 2 aromatic carbocycles. The number of hydrogen-bond donors (Lipinski definition) is 3. The van der Waals surface area contributed by atoms with Gasteiger partial charge < -0.3 is 25.2 Å². The van der Waals surface area contributed by atoms with Crippen LogP contribution in [-0.4, -0.2) is 55.5 Å². The Balaban J connectivity index is 1.33. The van der Waals surface area contributed by atoms with E-state index in [1.54, 1.807) is 0 Å². The molecule has 1 fully saturated rings. The summed E-state index contributed by atoms with van der Waals surface area (Å²) in [4.78, 5) is 36.1. The fourth-order valence-electron chi connectivity index (χ4n) is 5.12. The van der Waals surface area contributed by atoms with E-state index in [-0.39, 0.29) is 43.5 Å². The lowest BCUT2D eigenvalue weighted by Crippen LogP contribution is -2.47. The summed E-state index contributed by atoms with van der Waals surface area (Å²) in [6.45, 7) is 0.172. The highest BCUT2D eigenvalue weighted by molar-refractivity contribution is 5.81. The molecule has 0 saturated heterocycles. The summed E-state index contributed by atoms with van der Waals surface area (Å²) in [5, 5.41) is 14.4. The standard InChI is InChI=1S/C27H32N2O6/c30-25(31)17-34-15-14-28-26(32)22-12-2-1-3-13-24(22)29-27(33)35-16-23-20-10-6-4-8-18(20)19-9-5-7-11-21(19)23/h4-11,22-24H,1-3,12-17H2,(H,28,32)(H,29,33)(H,30,31). The lowest BCUT2D eigenvalue weighted by Gasteiger charge is -2.25. The van der Waals surface area contributed by atoms with Crippen LogP contribution in [0.15, 0.2) is 48.5 Å². The molecule has 0 aliphatic heterocycles. The average Bonchev–Trinajstić information content (AvgIpc) is 2.98. The summed E-state index contributed by atoms with van der Waals surface area (Å²) in [5.41, 5.74) is 4.64. The van der Waals surface area contributed by atoms with Gasteiger partial charge in [-0.2, -0.15) is 0 Å². The summed E-state index contributed by atoms with van der Waals surface area (Å²) in [7, 11) is 0. The van der Waals surface area contributed by atoms with Crippen LogP contribution in [0.25, 0.3) is 11.1 Å².